The maximum Gasteiger partial charge on any atom is 0.258 e. The van der Waals surface area contributed by atoms with Crippen LogP contribution in [0.1, 0.15) is 15.4 Å². The van der Waals surface area contributed by atoms with Gasteiger partial charge in [-0.3, -0.25) is 10.1 Å². The summed E-state index contributed by atoms with van der Waals surface area (Å²) in [6.07, 6.45) is 0. The zero-order valence-electron chi connectivity index (χ0n) is 15.6. The smallest absolute Gasteiger partial charge is 0.258 e. The zero-order chi connectivity index (χ0) is 19.8. The fourth-order valence-corrected chi connectivity index (χ4v) is 4.05. The van der Waals surface area contributed by atoms with E-state index in [4.69, 9.17) is 4.98 Å². The Balaban J connectivity index is 1.69. The average molecular weight is 396 g/mol. The number of nitrogens with zero attached hydrogens (tertiary/aromatic N) is 3. The Morgan fingerprint density at radius 2 is 1.66 bits per heavy atom. The first-order chi connectivity index (χ1) is 14.2. The molecule has 0 aliphatic heterocycles. The molecule has 1 N–H and O–H groups in total. The van der Waals surface area contributed by atoms with Crippen LogP contribution in [0, 0.1) is 6.92 Å². The normalized spacial score (nSPS) is 11.1. The van der Waals surface area contributed by atoms with Crippen molar-refractivity contribution in [2.24, 2.45) is 0 Å². The number of pyridine rings is 1. The van der Waals surface area contributed by atoms with Crippen molar-refractivity contribution in [3.05, 3.63) is 83.4 Å². The Kier molecular flexibility index (Phi) is 4.26. The number of para-hydroxylation sites is 1. The molecule has 3 aromatic carbocycles. The highest BCUT2D eigenvalue weighted by Crippen LogP contribution is 2.31. The summed E-state index contributed by atoms with van der Waals surface area (Å²) in [7, 11) is 0. The van der Waals surface area contributed by atoms with E-state index in [1.54, 1.807) is 0 Å². The van der Waals surface area contributed by atoms with Crippen LogP contribution in [-0.2, 0) is 0 Å². The first-order valence-electron chi connectivity index (χ1n) is 9.18. The molecule has 5 rings (SSSR count). The molecule has 6 heteroatoms. The van der Waals surface area contributed by atoms with Gasteiger partial charge in [0.05, 0.1) is 16.8 Å². The van der Waals surface area contributed by atoms with E-state index in [1.807, 2.05) is 61.5 Å². The van der Waals surface area contributed by atoms with Crippen LogP contribution in [0.2, 0.25) is 0 Å². The van der Waals surface area contributed by atoms with Gasteiger partial charge in [0.15, 0.2) is 0 Å². The van der Waals surface area contributed by atoms with Crippen LogP contribution in [0.5, 0.6) is 0 Å². The van der Waals surface area contributed by atoms with E-state index in [-0.39, 0.29) is 5.91 Å². The van der Waals surface area contributed by atoms with Gasteiger partial charge < -0.3 is 0 Å². The van der Waals surface area contributed by atoms with Gasteiger partial charge >= 0.3 is 0 Å². The maximum absolute atomic E-state index is 13.1. The fourth-order valence-electron chi connectivity index (χ4n) is 3.46. The van der Waals surface area contributed by atoms with Crippen molar-refractivity contribution in [1.29, 1.82) is 0 Å². The quantitative estimate of drug-likeness (QED) is 0.439. The van der Waals surface area contributed by atoms with Gasteiger partial charge in [-0.25, -0.2) is 4.98 Å². The molecule has 0 saturated heterocycles. The van der Waals surface area contributed by atoms with Gasteiger partial charge in [-0.15, -0.1) is 10.2 Å². The molecule has 0 fully saturated rings. The highest BCUT2D eigenvalue weighted by Gasteiger charge is 2.16. The fraction of sp³-hybridized carbons (Fsp3) is 0.0435. The monoisotopic (exact) mass is 396 g/mol. The number of nitrogens with one attached hydrogen (secondary N) is 1. The summed E-state index contributed by atoms with van der Waals surface area (Å²) in [5.41, 5.74) is 3.09. The third-order valence-corrected chi connectivity index (χ3v) is 5.53. The Bertz CT molecular complexity index is 1370. The molecule has 0 radical (unpaired) electrons. The summed E-state index contributed by atoms with van der Waals surface area (Å²) in [6, 6.07) is 23.8. The van der Waals surface area contributed by atoms with E-state index >= 15 is 0 Å². The lowest BCUT2D eigenvalue weighted by Crippen LogP contribution is -2.13. The maximum atomic E-state index is 13.1. The summed E-state index contributed by atoms with van der Waals surface area (Å²) in [5, 5.41) is 15.2. The number of fused-ring (bicyclic) bond motifs is 2. The standard InChI is InChI=1S/C23H16N4OS/c1-14-26-27-23(29-14)25-22(28)19-13-21(24-20-12-5-4-10-18(19)20)17-11-6-8-15-7-2-3-9-16(15)17/h2-13H,1H3,(H,25,27,28). The van der Waals surface area contributed by atoms with Gasteiger partial charge in [0.1, 0.15) is 5.01 Å². The van der Waals surface area contributed by atoms with Crippen molar-refractivity contribution in [2.75, 3.05) is 5.32 Å². The molecule has 140 valence electrons. The Morgan fingerprint density at radius 1 is 0.897 bits per heavy atom. The highest BCUT2D eigenvalue weighted by atomic mass is 32.1. The van der Waals surface area contributed by atoms with Crippen molar-refractivity contribution < 1.29 is 4.79 Å². The molecule has 2 heterocycles. The molecule has 0 spiro atoms. The van der Waals surface area contributed by atoms with Crippen LogP contribution >= 0.6 is 11.3 Å². The van der Waals surface area contributed by atoms with E-state index < -0.39 is 0 Å². The summed E-state index contributed by atoms with van der Waals surface area (Å²) < 4.78 is 0. The largest absolute Gasteiger partial charge is 0.296 e. The SMILES string of the molecule is Cc1nnc(NC(=O)c2cc(-c3cccc4ccccc34)nc3ccccc23)s1. The lowest BCUT2D eigenvalue weighted by molar-refractivity contribution is 0.102. The molecule has 0 saturated carbocycles. The molecule has 2 aromatic heterocycles. The second kappa shape index (κ2) is 7.07. The molecule has 0 bridgehead atoms. The van der Waals surface area contributed by atoms with E-state index in [0.717, 1.165) is 37.9 Å². The number of carbonyl (C=O) groups excluding carboxylic acids is 1. The van der Waals surface area contributed by atoms with Gasteiger partial charge in [0, 0.05) is 10.9 Å². The van der Waals surface area contributed by atoms with E-state index in [2.05, 4.69) is 33.7 Å². The van der Waals surface area contributed by atoms with Gasteiger partial charge in [-0.2, -0.15) is 0 Å². The minimum atomic E-state index is -0.221. The van der Waals surface area contributed by atoms with Gasteiger partial charge in [-0.1, -0.05) is 72.0 Å². The van der Waals surface area contributed by atoms with Crippen molar-refractivity contribution in [1.82, 2.24) is 15.2 Å². The molecule has 0 aliphatic carbocycles. The van der Waals surface area contributed by atoms with Crippen LogP contribution in [0.3, 0.4) is 0 Å². The highest BCUT2D eigenvalue weighted by molar-refractivity contribution is 7.15. The number of benzene rings is 3. The summed E-state index contributed by atoms with van der Waals surface area (Å²) in [5.74, 6) is -0.221. The summed E-state index contributed by atoms with van der Waals surface area (Å²) in [6.45, 7) is 1.85. The third-order valence-electron chi connectivity index (χ3n) is 4.77. The summed E-state index contributed by atoms with van der Waals surface area (Å²) in [4.78, 5) is 17.9. The molecule has 5 aromatic rings. The first kappa shape index (κ1) is 17.5. The molecule has 0 unspecified atom stereocenters. The number of aromatic nitrogens is 3. The van der Waals surface area contributed by atoms with Crippen LogP contribution in [0.25, 0.3) is 32.9 Å². The molecule has 5 nitrogen and oxygen atoms in total. The minimum Gasteiger partial charge on any atom is -0.296 e. The second-order valence-electron chi connectivity index (χ2n) is 6.68. The van der Waals surface area contributed by atoms with Gasteiger partial charge in [0.2, 0.25) is 5.13 Å². The number of rotatable bonds is 3. The predicted octanol–water partition coefficient (Wildman–Crippen LogP) is 5.47. The molecular weight excluding hydrogens is 380 g/mol. The topological polar surface area (TPSA) is 67.8 Å². The first-order valence-corrected chi connectivity index (χ1v) is 10.00. The van der Waals surface area contributed by atoms with Crippen molar-refractivity contribution in [2.45, 2.75) is 6.92 Å². The lowest BCUT2D eigenvalue weighted by atomic mass is 9.99. The number of anilines is 1. The second-order valence-corrected chi connectivity index (χ2v) is 7.86. The van der Waals surface area contributed by atoms with Crippen molar-refractivity contribution >= 4 is 44.1 Å². The van der Waals surface area contributed by atoms with Crippen LogP contribution in [0.4, 0.5) is 5.13 Å². The van der Waals surface area contributed by atoms with Gasteiger partial charge in [0.25, 0.3) is 5.91 Å². The molecular formula is C23H16N4OS. The molecule has 0 atom stereocenters. The van der Waals surface area contributed by atoms with Crippen LogP contribution in [-0.4, -0.2) is 21.1 Å². The predicted molar refractivity (Wildman–Crippen MR) is 117 cm³/mol. The number of amides is 1. The lowest BCUT2D eigenvalue weighted by Gasteiger charge is -2.11. The molecule has 1 amide bonds. The Hall–Kier alpha value is -3.64. The zero-order valence-corrected chi connectivity index (χ0v) is 16.4. The summed E-state index contributed by atoms with van der Waals surface area (Å²) >= 11 is 1.35. The minimum absolute atomic E-state index is 0.221. The number of hydrogen-bond acceptors (Lipinski definition) is 5. The van der Waals surface area contributed by atoms with Crippen LogP contribution < -0.4 is 5.32 Å². The van der Waals surface area contributed by atoms with E-state index in [1.165, 1.54) is 11.3 Å². The molecule has 0 aliphatic rings. The van der Waals surface area contributed by atoms with Crippen molar-refractivity contribution in [3.8, 4) is 11.3 Å². The van der Waals surface area contributed by atoms with E-state index in [9.17, 15) is 4.79 Å². The number of aryl methyl sites for hydroxylation is 1. The van der Waals surface area contributed by atoms with Crippen molar-refractivity contribution in [3.63, 3.8) is 0 Å². The Morgan fingerprint density at radius 3 is 2.48 bits per heavy atom. The van der Waals surface area contributed by atoms with E-state index in [0.29, 0.717) is 10.7 Å². The average Bonchev–Trinajstić information content (AvgIpc) is 3.17. The number of carbonyl (C=O) groups is 1. The van der Waals surface area contributed by atoms with Crippen LogP contribution in [0.15, 0.2) is 72.8 Å². The molecule has 29 heavy (non-hydrogen) atoms. The third kappa shape index (κ3) is 3.23. The Labute approximate surface area is 171 Å². The number of hydrogen-bond donors (Lipinski definition) is 1. The van der Waals surface area contributed by atoms with Gasteiger partial charge in [-0.05, 0) is 29.8 Å².